The first-order valence-electron chi connectivity index (χ1n) is 9.21. The predicted molar refractivity (Wildman–Crippen MR) is 114 cm³/mol. The van der Waals surface area contributed by atoms with Gasteiger partial charge in [0, 0.05) is 16.7 Å². The number of phenols is 1. The SMILES string of the molecule is COc1ccc(C2NC(=O)N=C(C)C2c2nc(-c3ccc(C)cc3)cs2)cc1O. The van der Waals surface area contributed by atoms with E-state index in [1.54, 1.807) is 12.1 Å². The van der Waals surface area contributed by atoms with Gasteiger partial charge in [-0.2, -0.15) is 0 Å². The molecule has 0 fully saturated rings. The average Bonchev–Trinajstić information content (AvgIpc) is 3.17. The van der Waals surface area contributed by atoms with Crippen LogP contribution in [0.2, 0.25) is 0 Å². The first-order valence-corrected chi connectivity index (χ1v) is 10.1. The van der Waals surface area contributed by atoms with Crippen molar-refractivity contribution in [1.29, 1.82) is 0 Å². The number of nitrogens with one attached hydrogen (secondary N) is 1. The molecule has 2 N–H and O–H groups in total. The summed E-state index contributed by atoms with van der Waals surface area (Å²) >= 11 is 1.54. The third-order valence-corrected chi connectivity index (χ3v) is 5.97. The van der Waals surface area contributed by atoms with Gasteiger partial charge in [-0.05, 0) is 31.5 Å². The van der Waals surface area contributed by atoms with E-state index in [-0.39, 0.29) is 17.7 Å². The van der Waals surface area contributed by atoms with Gasteiger partial charge in [-0.3, -0.25) is 0 Å². The lowest BCUT2D eigenvalue weighted by Crippen LogP contribution is -2.38. The fourth-order valence-corrected chi connectivity index (χ4v) is 4.53. The van der Waals surface area contributed by atoms with Crippen LogP contribution >= 0.6 is 11.3 Å². The highest BCUT2D eigenvalue weighted by Crippen LogP contribution is 2.40. The zero-order chi connectivity index (χ0) is 20.5. The number of carbonyl (C=O) groups is 1. The molecule has 0 aliphatic carbocycles. The van der Waals surface area contributed by atoms with Crippen molar-refractivity contribution in [3.63, 3.8) is 0 Å². The number of amides is 2. The lowest BCUT2D eigenvalue weighted by atomic mass is 9.88. The molecule has 148 valence electrons. The number of urea groups is 1. The smallest absolute Gasteiger partial charge is 0.341 e. The molecule has 0 spiro atoms. The predicted octanol–water partition coefficient (Wildman–Crippen LogP) is 4.84. The number of aryl methyl sites for hydroxylation is 1. The second kappa shape index (κ2) is 7.67. The lowest BCUT2D eigenvalue weighted by molar-refractivity contribution is 0.243. The molecule has 7 heteroatoms. The molecule has 3 aromatic rings. The summed E-state index contributed by atoms with van der Waals surface area (Å²) in [6.45, 7) is 3.89. The molecule has 1 aromatic heterocycles. The highest BCUT2D eigenvalue weighted by molar-refractivity contribution is 7.10. The van der Waals surface area contributed by atoms with E-state index in [4.69, 9.17) is 9.72 Å². The molecule has 0 bridgehead atoms. The van der Waals surface area contributed by atoms with Crippen molar-refractivity contribution in [1.82, 2.24) is 10.3 Å². The minimum Gasteiger partial charge on any atom is -0.504 e. The van der Waals surface area contributed by atoms with Crippen LogP contribution in [0.4, 0.5) is 4.79 Å². The quantitative estimate of drug-likeness (QED) is 0.648. The number of carbonyl (C=O) groups excluding carboxylic acids is 1. The number of phenolic OH excluding ortho intramolecular Hbond substituents is 1. The second-order valence-electron chi connectivity index (χ2n) is 7.03. The highest BCUT2D eigenvalue weighted by atomic mass is 32.1. The molecule has 2 heterocycles. The van der Waals surface area contributed by atoms with Crippen LogP contribution in [-0.4, -0.2) is 28.9 Å². The molecule has 0 radical (unpaired) electrons. The van der Waals surface area contributed by atoms with Crippen LogP contribution in [0.25, 0.3) is 11.3 Å². The molecule has 0 saturated carbocycles. The van der Waals surface area contributed by atoms with E-state index < -0.39 is 6.03 Å². The molecular weight excluding hydrogens is 386 g/mol. The maximum Gasteiger partial charge on any atom is 0.341 e. The number of hydrogen-bond acceptors (Lipinski definition) is 5. The Bertz CT molecular complexity index is 1090. The van der Waals surface area contributed by atoms with Crippen LogP contribution in [0.1, 0.15) is 35.0 Å². The van der Waals surface area contributed by atoms with Gasteiger partial charge in [-0.25, -0.2) is 14.8 Å². The van der Waals surface area contributed by atoms with Gasteiger partial charge in [-0.1, -0.05) is 35.9 Å². The minimum atomic E-state index is -0.394. The third-order valence-electron chi connectivity index (χ3n) is 5.04. The highest BCUT2D eigenvalue weighted by Gasteiger charge is 2.35. The topological polar surface area (TPSA) is 83.8 Å². The van der Waals surface area contributed by atoms with Gasteiger partial charge < -0.3 is 15.2 Å². The Labute approximate surface area is 172 Å². The fraction of sp³-hybridized carbons (Fsp3) is 0.227. The van der Waals surface area contributed by atoms with Crippen LogP contribution in [0.3, 0.4) is 0 Å². The van der Waals surface area contributed by atoms with Gasteiger partial charge in [0.15, 0.2) is 11.5 Å². The number of methoxy groups -OCH3 is 1. The zero-order valence-corrected chi connectivity index (χ0v) is 17.2. The molecule has 6 nitrogen and oxygen atoms in total. The molecule has 29 heavy (non-hydrogen) atoms. The number of aromatic hydroxyl groups is 1. The molecule has 2 aromatic carbocycles. The summed E-state index contributed by atoms with van der Waals surface area (Å²) in [5.74, 6) is 0.191. The van der Waals surface area contributed by atoms with Gasteiger partial charge in [0.2, 0.25) is 0 Å². The normalized spacial score (nSPS) is 18.9. The van der Waals surface area contributed by atoms with Gasteiger partial charge >= 0.3 is 6.03 Å². The Morgan fingerprint density at radius 1 is 1.14 bits per heavy atom. The van der Waals surface area contributed by atoms with E-state index in [0.717, 1.165) is 21.8 Å². The Morgan fingerprint density at radius 3 is 2.59 bits per heavy atom. The molecule has 0 saturated heterocycles. The van der Waals surface area contributed by atoms with Gasteiger partial charge in [0.25, 0.3) is 0 Å². The molecule has 1 aliphatic rings. The Hall–Kier alpha value is -3.19. The first-order chi connectivity index (χ1) is 14.0. The summed E-state index contributed by atoms with van der Waals surface area (Å²) in [6.07, 6.45) is 0. The van der Waals surface area contributed by atoms with Crippen molar-refractivity contribution in [2.24, 2.45) is 4.99 Å². The van der Waals surface area contributed by atoms with Gasteiger partial charge in [-0.15, -0.1) is 11.3 Å². The van der Waals surface area contributed by atoms with Crippen LogP contribution < -0.4 is 10.1 Å². The van der Waals surface area contributed by atoms with Crippen molar-refractivity contribution >= 4 is 23.1 Å². The Morgan fingerprint density at radius 2 is 1.90 bits per heavy atom. The van der Waals surface area contributed by atoms with E-state index in [1.165, 1.54) is 24.0 Å². The first kappa shape index (κ1) is 19.1. The number of rotatable bonds is 4. The molecule has 2 unspecified atom stereocenters. The second-order valence-corrected chi connectivity index (χ2v) is 7.92. The summed E-state index contributed by atoms with van der Waals surface area (Å²) in [4.78, 5) is 21.1. The van der Waals surface area contributed by atoms with Crippen molar-refractivity contribution in [3.05, 3.63) is 64.0 Å². The van der Waals surface area contributed by atoms with Gasteiger partial charge in [0.1, 0.15) is 5.01 Å². The zero-order valence-electron chi connectivity index (χ0n) is 16.3. The van der Waals surface area contributed by atoms with Crippen molar-refractivity contribution < 1.29 is 14.6 Å². The maximum absolute atomic E-state index is 12.1. The number of thiazole rings is 1. The standard InChI is InChI=1S/C22H21N3O3S/c1-12-4-6-14(7-5-12)16-11-29-21(24-16)19-13(2)23-22(27)25-20(19)15-8-9-18(28-3)17(26)10-15/h4-11,19-20,26H,1-3H3,(H,25,27). The maximum atomic E-state index is 12.1. The summed E-state index contributed by atoms with van der Waals surface area (Å²) < 4.78 is 5.13. The average molecular weight is 407 g/mol. The van der Waals surface area contributed by atoms with Crippen LogP contribution in [-0.2, 0) is 0 Å². The number of aromatic nitrogens is 1. The monoisotopic (exact) mass is 407 g/mol. The Balaban J connectivity index is 1.73. The molecule has 4 rings (SSSR count). The van der Waals surface area contributed by atoms with E-state index >= 15 is 0 Å². The molecular formula is C22H21N3O3S. The van der Waals surface area contributed by atoms with Gasteiger partial charge in [0.05, 0.1) is 24.8 Å². The number of aliphatic imine (C=N–C) groups is 1. The van der Waals surface area contributed by atoms with E-state index in [9.17, 15) is 9.90 Å². The number of ether oxygens (including phenoxy) is 1. The number of benzene rings is 2. The van der Waals surface area contributed by atoms with Crippen molar-refractivity contribution in [3.8, 4) is 22.8 Å². The largest absolute Gasteiger partial charge is 0.504 e. The van der Waals surface area contributed by atoms with Crippen LogP contribution in [0.5, 0.6) is 11.5 Å². The minimum absolute atomic E-state index is 0.0256. The van der Waals surface area contributed by atoms with E-state index in [2.05, 4.69) is 41.5 Å². The summed E-state index contributed by atoms with van der Waals surface area (Å²) in [5, 5.41) is 16.0. The van der Waals surface area contributed by atoms with E-state index in [1.807, 2.05) is 18.4 Å². The van der Waals surface area contributed by atoms with Crippen molar-refractivity contribution in [2.75, 3.05) is 7.11 Å². The number of hydrogen-bond donors (Lipinski definition) is 2. The lowest BCUT2D eigenvalue weighted by Gasteiger charge is -2.30. The summed E-state index contributed by atoms with van der Waals surface area (Å²) in [6, 6.07) is 12.6. The number of nitrogens with zero attached hydrogens (tertiary/aromatic N) is 2. The van der Waals surface area contributed by atoms with Crippen molar-refractivity contribution in [2.45, 2.75) is 25.8 Å². The molecule has 1 aliphatic heterocycles. The Kier molecular flexibility index (Phi) is 5.07. The third kappa shape index (κ3) is 3.73. The fourth-order valence-electron chi connectivity index (χ4n) is 3.50. The summed E-state index contributed by atoms with van der Waals surface area (Å²) in [7, 11) is 1.50. The molecule has 2 amide bonds. The summed E-state index contributed by atoms with van der Waals surface area (Å²) in [5.41, 5.74) is 4.60. The van der Waals surface area contributed by atoms with Crippen LogP contribution in [0, 0.1) is 6.92 Å². The van der Waals surface area contributed by atoms with Crippen LogP contribution in [0.15, 0.2) is 52.8 Å². The molecule has 2 atom stereocenters. The van der Waals surface area contributed by atoms with E-state index in [0.29, 0.717) is 11.5 Å².